The van der Waals surface area contributed by atoms with E-state index in [1.165, 1.54) is 154 Å². The van der Waals surface area contributed by atoms with E-state index in [0.29, 0.717) is 12.8 Å². The Bertz CT molecular complexity index is 1480. The standard InChI is InChI=1S/C66H119NO10/c1-4-7-10-13-16-19-22-24-26-28-30-32-34-36-39-42-45-48-51-54-61(71)77-64-63(73)62(72)60(55-68)76-66(64)75-56-57(58(69)52-49-46-43-40-37-21-18-15-12-9-6-3)67-65(74)59(70)53-50-47-44-41-38-35-33-31-29-27-25-23-20-17-14-11-8-5-2/h16-17,19-20,24-27,49,52,57-60,62-64,66,68-70,72-73H,4-15,18,21-23,28-48,50-51,53-56H2,1-3H3,(H,67,74)/b19-16-,20-17-,26-24-,27-25-,52-49+. The number of ether oxygens (including phenoxy) is 3. The molecule has 1 aliphatic rings. The summed E-state index contributed by atoms with van der Waals surface area (Å²) in [6.07, 6.45) is 56.8. The predicted molar refractivity (Wildman–Crippen MR) is 320 cm³/mol. The average Bonchev–Trinajstić information content (AvgIpc) is 3.43. The van der Waals surface area contributed by atoms with Crippen LogP contribution in [0.3, 0.4) is 0 Å². The molecule has 1 fully saturated rings. The van der Waals surface area contributed by atoms with Crippen LogP contribution < -0.4 is 5.32 Å². The van der Waals surface area contributed by atoms with Gasteiger partial charge in [-0.15, -0.1) is 0 Å². The van der Waals surface area contributed by atoms with Gasteiger partial charge in [0, 0.05) is 6.42 Å². The Morgan fingerprint density at radius 2 is 0.896 bits per heavy atom. The van der Waals surface area contributed by atoms with Crippen molar-refractivity contribution < 1.29 is 49.3 Å². The molecule has 77 heavy (non-hydrogen) atoms. The largest absolute Gasteiger partial charge is 0.454 e. The number of esters is 1. The smallest absolute Gasteiger partial charge is 0.306 e. The van der Waals surface area contributed by atoms with Crippen molar-refractivity contribution >= 4 is 11.9 Å². The summed E-state index contributed by atoms with van der Waals surface area (Å²) in [6, 6.07) is -1.03. The van der Waals surface area contributed by atoms with Crippen LogP contribution in [0, 0.1) is 0 Å². The number of carbonyl (C=O) groups is 2. The zero-order valence-corrected chi connectivity index (χ0v) is 49.6. The Hall–Kier alpha value is -2.64. The van der Waals surface area contributed by atoms with Crippen molar-refractivity contribution in [1.82, 2.24) is 5.32 Å². The van der Waals surface area contributed by atoms with E-state index in [0.717, 1.165) is 83.5 Å². The lowest BCUT2D eigenvalue weighted by Gasteiger charge is -2.41. The van der Waals surface area contributed by atoms with Crippen LogP contribution in [0.2, 0.25) is 0 Å². The van der Waals surface area contributed by atoms with Crippen LogP contribution in [0.5, 0.6) is 0 Å². The number of nitrogens with one attached hydrogen (secondary N) is 1. The van der Waals surface area contributed by atoms with Crippen molar-refractivity contribution in [2.45, 2.75) is 333 Å². The van der Waals surface area contributed by atoms with E-state index in [2.05, 4.69) is 74.7 Å². The summed E-state index contributed by atoms with van der Waals surface area (Å²) in [5.41, 5.74) is 0. The number of hydrogen-bond acceptors (Lipinski definition) is 10. The van der Waals surface area contributed by atoms with Crippen molar-refractivity contribution in [2.24, 2.45) is 0 Å². The number of carbonyl (C=O) groups excluding carboxylic acids is 2. The van der Waals surface area contributed by atoms with Gasteiger partial charge in [-0.25, -0.2) is 0 Å². The van der Waals surface area contributed by atoms with Gasteiger partial charge in [0.05, 0.1) is 25.4 Å². The molecule has 448 valence electrons. The molecule has 11 heteroatoms. The summed E-state index contributed by atoms with van der Waals surface area (Å²) in [5.74, 6) is -1.20. The molecule has 0 aromatic carbocycles. The highest BCUT2D eigenvalue weighted by Crippen LogP contribution is 2.26. The summed E-state index contributed by atoms with van der Waals surface area (Å²) in [5, 5.41) is 57.0. The van der Waals surface area contributed by atoms with E-state index >= 15 is 0 Å². The zero-order valence-electron chi connectivity index (χ0n) is 49.6. The topological polar surface area (TPSA) is 175 Å². The lowest BCUT2D eigenvalue weighted by Crippen LogP contribution is -2.61. The van der Waals surface area contributed by atoms with E-state index in [1.807, 2.05) is 6.08 Å². The number of allylic oxidation sites excluding steroid dienone is 9. The molecule has 8 unspecified atom stereocenters. The van der Waals surface area contributed by atoms with Crippen molar-refractivity contribution in [3.8, 4) is 0 Å². The van der Waals surface area contributed by atoms with Gasteiger partial charge in [-0.3, -0.25) is 9.59 Å². The first-order valence-corrected chi connectivity index (χ1v) is 32.1. The maximum Gasteiger partial charge on any atom is 0.306 e. The fourth-order valence-electron chi connectivity index (χ4n) is 9.77. The summed E-state index contributed by atoms with van der Waals surface area (Å²) >= 11 is 0. The molecule has 0 spiro atoms. The fourth-order valence-corrected chi connectivity index (χ4v) is 9.77. The van der Waals surface area contributed by atoms with Crippen LogP contribution in [0.4, 0.5) is 0 Å². The molecule has 0 aliphatic carbocycles. The molecule has 0 aromatic heterocycles. The Balaban J connectivity index is 2.64. The monoisotopic (exact) mass is 1090 g/mol. The van der Waals surface area contributed by atoms with Crippen molar-refractivity contribution in [3.63, 3.8) is 0 Å². The third-order valence-corrected chi connectivity index (χ3v) is 14.9. The third kappa shape index (κ3) is 42.0. The van der Waals surface area contributed by atoms with E-state index in [1.54, 1.807) is 6.08 Å². The first kappa shape index (κ1) is 72.4. The number of amides is 1. The molecule has 0 bridgehead atoms. The second-order valence-corrected chi connectivity index (χ2v) is 22.1. The summed E-state index contributed by atoms with van der Waals surface area (Å²) < 4.78 is 17.6. The maximum atomic E-state index is 13.4. The highest BCUT2D eigenvalue weighted by Gasteiger charge is 2.47. The van der Waals surface area contributed by atoms with E-state index in [-0.39, 0.29) is 19.4 Å². The number of hydrogen-bond donors (Lipinski definition) is 6. The molecule has 1 amide bonds. The first-order valence-electron chi connectivity index (χ1n) is 32.1. The molecule has 1 rings (SSSR count). The molecule has 0 aromatic rings. The van der Waals surface area contributed by atoms with Gasteiger partial charge in [-0.05, 0) is 89.9 Å². The Kier molecular flexibility index (Phi) is 50.7. The van der Waals surface area contributed by atoms with Gasteiger partial charge in [0.1, 0.15) is 24.4 Å². The molecule has 6 N–H and O–H groups in total. The molecule has 0 radical (unpaired) electrons. The van der Waals surface area contributed by atoms with E-state index in [9.17, 15) is 35.1 Å². The molecule has 1 saturated heterocycles. The number of rotatable bonds is 54. The summed E-state index contributed by atoms with van der Waals surface area (Å²) in [7, 11) is 0. The van der Waals surface area contributed by atoms with Crippen LogP contribution >= 0.6 is 0 Å². The molecule has 11 nitrogen and oxygen atoms in total. The second kappa shape index (κ2) is 54.0. The molecular weight excluding hydrogens is 967 g/mol. The van der Waals surface area contributed by atoms with Crippen molar-refractivity contribution in [3.05, 3.63) is 60.8 Å². The minimum atomic E-state index is -1.62. The van der Waals surface area contributed by atoms with Gasteiger partial charge >= 0.3 is 5.97 Å². The Morgan fingerprint density at radius 3 is 1.35 bits per heavy atom. The number of aliphatic hydroxyl groups is 5. The molecule has 0 saturated carbocycles. The predicted octanol–water partition coefficient (Wildman–Crippen LogP) is 15.4. The van der Waals surface area contributed by atoms with Gasteiger partial charge in [-0.1, -0.05) is 248 Å². The van der Waals surface area contributed by atoms with Gasteiger partial charge < -0.3 is 45.1 Å². The summed E-state index contributed by atoms with van der Waals surface area (Å²) in [6.45, 7) is 5.74. The second-order valence-electron chi connectivity index (χ2n) is 22.1. The Morgan fingerprint density at radius 1 is 0.506 bits per heavy atom. The average molecular weight is 1090 g/mol. The van der Waals surface area contributed by atoms with Gasteiger partial charge in [-0.2, -0.15) is 0 Å². The van der Waals surface area contributed by atoms with Crippen LogP contribution in [-0.2, 0) is 23.8 Å². The minimum absolute atomic E-state index is 0.118. The minimum Gasteiger partial charge on any atom is -0.454 e. The maximum absolute atomic E-state index is 13.4. The van der Waals surface area contributed by atoms with E-state index in [4.69, 9.17) is 14.2 Å². The zero-order chi connectivity index (χ0) is 56.1. The lowest BCUT2D eigenvalue weighted by atomic mass is 9.99. The summed E-state index contributed by atoms with van der Waals surface area (Å²) in [4.78, 5) is 26.6. The fraction of sp³-hybridized carbons (Fsp3) is 0.818. The highest BCUT2D eigenvalue weighted by molar-refractivity contribution is 5.80. The Labute approximate surface area is 471 Å². The van der Waals surface area contributed by atoms with Crippen molar-refractivity contribution in [2.75, 3.05) is 13.2 Å². The van der Waals surface area contributed by atoms with Crippen LogP contribution in [0.25, 0.3) is 0 Å². The van der Waals surface area contributed by atoms with Crippen molar-refractivity contribution in [1.29, 1.82) is 0 Å². The van der Waals surface area contributed by atoms with E-state index < -0.39 is 67.4 Å². The van der Waals surface area contributed by atoms with Crippen LogP contribution in [0.15, 0.2) is 60.8 Å². The molecular formula is C66H119NO10. The number of unbranched alkanes of at least 4 members (excludes halogenated alkanes) is 32. The molecule has 1 aliphatic heterocycles. The van der Waals surface area contributed by atoms with Gasteiger partial charge in [0.25, 0.3) is 0 Å². The normalized spacial score (nSPS) is 19.4. The van der Waals surface area contributed by atoms with Crippen LogP contribution in [0.1, 0.15) is 284 Å². The third-order valence-electron chi connectivity index (χ3n) is 14.9. The SMILES string of the molecule is CCCCC/C=C\C/C=C\CCCCCCCCCCCC(=O)OC1C(OCC(NC(=O)C(O)CCCCCCCCCC/C=C\C/C=C\CCCCC)C(O)/C=C/CCCCCCCCCCC)OC(CO)C(O)C1O. The molecule has 8 atom stereocenters. The first-order chi connectivity index (χ1) is 37.7. The number of aliphatic hydroxyl groups excluding tert-OH is 5. The molecule has 1 heterocycles. The highest BCUT2D eigenvalue weighted by atomic mass is 16.7. The van der Waals surface area contributed by atoms with Gasteiger partial charge in [0.2, 0.25) is 5.91 Å². The lowest BCUT2D eigenvalue weighted by molar-refractivity contribution is -0.305. The van der Waals surface area contributed by atoms with Gasteiger partial charge in [0.15, 0.2) is 12.4 Å². The van der Waals surface area contributed by atoms with Crippen LogP contribution in [-0.4, -0.2) is 99.6 Å². The quantitative estimate of drug-likeness (QED) is 0.0195.